The number of ether oxygens (including phenoxy) is 2. The number of alkyl halides is 1. The minimum absolute atomic E-state index is 0.0494. The Balaban J connectivity index is 1.60. The smallest absolute Gasteiger partial charge is 0.317 e. The molecule has 0 spiro atoms. The Morgan fingerprint density at radius 3 is 3.08 bits per heavy atom. The molecular weight excluding hydrogens is 315 g/mol. The molecule has 0 saturated carbocycles. The molecule has 2 amide bonds. The van der Waals surface area contributed by atoms with E-state index in [9.17, 15) is 9.18 Å². The summed E-state index contributed by atoms with van der Waals surface area (Å²) >= 11 is 0. The van der Waals surface area contributed by atoms with Crippen molar-refractivity contribution >= 4 is 17.1 Å². The number of benzene rings is 1. The van der Waals surface area contributed by atoms with E-state index in [4.69, 9.17) is 9.47 Å². The van der Waals surface area contributed by atoms with E-state index >= 15 is 0 Å². The van der Waals surface area contributed by atoms with Crippen LogP contribution in [0.3, 0.4) is 0 Å². The third-order valence-corrected chi connectivity index (χ3v) is 3.99. The van der Waals surface area contributed by atoms with Gasteiger partial charge in [0.2, 0.25) is 0 Å². The highest BCUT2D eigenvalue weighted by molar-refractivity contribution is 5.76. The maximum absolute atomic E-state index is 14.1. The number of carbonyl (C=O) groups is 1. The first-order valence-electron chi connectivity index (χ1n) is 7.91. The molecule has 2 unspecified atom stereocenters. The summed E-state index contributed by atoms with van der Waals surface area (Å²) in [5, 5.41) is 2.67. The van der Waals surface area contributed by atoms with Gasteiger partial charge in [0.05, 0.1) is 31.2 Å². The van der Waals surface area contributed by atoms with Gasteiger partial charge in [-0.1, -0.05) is 0 Å². The summed E-state index contributed by atoms with van der Waals surface area (Å²) in [5.41, 5.74) is 1.63. The topological polar surface area (TPSA) is 79.5 Å². The number of methoxy groups -OCH3 is 1. The number of hydrogen-bond donors (Lipinski definition) is 2. The highest BCUT2D eigenvalue weighted by Gasteiger charge is 2.36. The van der Waals surface area contributed by atoms with Gasteiger partial charge < -0.3 is 24.7 Å². The van der Waals surface area contributed by atoms with Crippen molar-refractivity contribution in [3.05, 3.63) is 24.0 Å². The van der Waals surface area contributed by atoms with Crippen LogP contribution in [0.15, 0.2) is 18.2 Å². The average Bonchev–Trinajstić information content (AvgIpc) is 3.15. The van der Waals surface area contributed by atoms with Crippen molar-refractivity contribution in [1.82, 2.24) is 20.2 Å². The first-order chi connectivity index (χ1) is 11.6. The van der Waals surface area contributed by atoms with Crippen molar-refractivity contribution in [3.8, 4) is 5.75 Å². The van der Waals surface area contributed by atoms with Crippen LogP contribution in [0.5, 0.6) is 5.75 Å². The molecule has 24 heavy (non-hydrogen) atoms. The number of hydrogen-bond acceptors (Lipinski definition) is 4. The molecule has 1 aliphatic rings. The van der Waals surface area contributed by atoms with Crippen molar-refractivity contribution in [2.75, 3.05) is 26.7 Å². The monoisotopic (exact) mass is 336 g/mol. The number of rotatable bonds is 5. The van der Waals surface area contributed by atoms with Gasteiger partial charge >= 0.3 is 6.03 Å². The van der Waals surface area contributed by atoms with Crippen LogP contribution in [-0.4, -0.2) is 59.9 Å². The van der Waals surface area contributed by atoms with Gasteiger partial charge in [0.1, 0.15) is 30.5 Å². The number of H-pyrrole nitrogens is 1. The Bertz CT molecular complexity index is 720. The Morgan fingerprint density at radius 1 is 1.50 bits per heavy atom. The highest BCUT2D eigenvalue weighted by atomic mass is 19.1. The average molecular weight is 336 g/mol. The zero-order valence-electron chi connectivity index (χ0n) is 13.7. The molecule has 0 radical (unpaired) electrons. The van der Waals surface area contributed by atoms with Crippen LogP contribution in [-0.2, 0) is 11.3 Å². The first-order valence-corrected chi connectivity index (χ1v) is 7.91. The molecule has 1 aromatic carbocycles. The molecule has 1 aliphatic heterocycles. The molecule has 0 bridgehead atoms. The quantitative estimate of drug-likeness (QED) is 0.873. The van der Waals surface area contributed by atoms with Gasteiger partial charge in [0, 0.05) is 12.6 Å². The summed E-state index contributed by atoms with van der Waals surface area (Å²) in [5.74, 6) is 1.35. The van der Waals surface area contributed by atoms with Gasteiger partial charge in [-0.05, 0) is 19.1 Å². The summed E-state index contributed by atoms with van der Waals surface area (Å²) in [6, 6.07) is 5.25. The second-order valence-corrected chi connectivity index (χ2v) is 5.67. The largest absolute Gasteiger partial charge is 0.497 e. The maximum atomic E-state index is 14.1. The van der Waals surface area contributed by atoms with E-state index in [2.05, 4.69) is 15.3 Å². The molecule has 7 nitrogen and oxygen atoms in total. The molecule has 130 valence electrons. The van der Waals surface area contributed by atoms with Crippen molar-refractivity contribution in [3.63, 3.8) is 0 Å². The fourth-order valence-corrected chi connectivity index (χ4v) is 2.74. The SMILES string of the molecule is CCNC(=O)N1CC(F)C(OCc2nc3ccc(OC)cc3[nH]2)C1. The molecule has 1 aromatic heterocycles. The summed E-state index contributed by atoms with van der Waals surface area (Å²) in [7, 11) is 1.60. The lowest BCUT2D eigenvalue weighted by atomic mass is 10.3. The Morgan fingerprint density at radius 2 is 2.33 bits per heavy atom. The first kappa shape index (κ1) is 16.5. The normalized spacial score (nSPS) is 20.5. The lowest BCUT2D eigenvalue weighted by Crippen LogP contribution is -2.39. The van der Waals surface area contributed by atoms with Crippen LogP contribution in [0, 0.1) is 0 Å². The van der Waals surface area contributed by atoms with Gasteiger partial charge in [-0.2, -0.15) is 0 Å². The van der Waals surface area contributed by atoms with E-state index in [1.807, 2.05) is 25.1 Å². The summed E-state index contributed by atoms with van der Waals surface area (Å²) in [4.78, 5) is 20.7. The fraction of sp³-hybridized carbons (Fsp3) is 0.500. The van der Waals surface area contributed by atoms with Gasteiger partial charge in [0.25, 0.3) is 0 Å². The van der Waals surface area contributed by atoms with Crippen LogP contribution in [0.2, 0.25) is 0 Å². The Hall–Kier alpha value is -2.35. The molecule has 1 fully saturated rings. The molecule has 1 saturated heterocycles. The predicted octanol–water partition coefficient (Wildman–Crippen LogP) is 1.84. The predicted molar refractivity (Wildman–Crippen MR) is 86.8 cm³/mol. The minimum atomic E-state index is -1.20. The van der Waals surface area contributed by atoms with E-state index in [1.54, 1.807) is 7.11 Å². The third-order valence-electron chi connectivity index (χ3n) is 3.99. The number of fused-ring (bicyclic) bond motifs is 1. The number of amides is 2. The van der Waals surface area contributed by atoms with Crippen molar-refractivity contribution in [2.45, 2.75) is 25.8 Å². The molecule has 0 aliphatic carbocycles. The number of nitrogens with one attached hydrogen (secondary N) is 2. The standard InChI is InChI=1S/C16H21FN4O3/c1-3-18-16(22)21-7-11(17)14(8-21)24-9-15-19-12-5-4-10(23-2)6-13(12)20-15/h4-6,11,14H,3,7-9H2,1-2H3,(H,18,22)(H,19,20). The van der Waals surface area contributed by atoms with Crippen LogP contribution in [0.4, 0.5) is 9.18 Å². The molecule has 2 aromatic rings. The Kier molecular flexibility index (Phi) is 4.84. The number of aromatic amines is 1. The molecule has 2 atom stereocenters. The number of urea groups is 1. The second-order valence-electron chi connectivity index (χ2n) is 5.67. The van der Waals surface area contributed by atoms with Crippen LogP contribution in [0.25, 0.3) is 11.0 Å². The van der Waals surface area contributed by atoms with E-state index in [0.717, 1.165) is 16.8 Å². The molecular formula is C16H21FN4O3. The number of imidazole rings is 1. The molecule has 2 heterocycles. The van der Waals surface area contributed by atoms with Gasteiger partial charge in [-0.25, -0.2) is 14.2 Å². The number of carbonyl (C=O) groups excluding carboxylic acids is 1. The van der Waals surface area contributed by atoms with Crippen molar-refractivity contribution in [2.24, 2.45) is 0 Å². The highest BCUT2D eigenvalue weighted by Crippen LogP contribution is 2.21. The molecule has 2 N–H and O–H groups in total. The molecule has 8 heteroatoms. The summed E-state index contributed by atoms with van der Waals surface area (Å²) in [6.07, 6.45) is -1.84. The number of halogens is 1. The lowest BCUT2D eigenvalue weighted by Gasteiger charge is -2.16. The van der Waals surface area contributed by atoms with Crippen LogP contribution >= 0.6 is 0 Å². The third kappa shape index (κ3) is 3.43. The summed E-state index contributed by atoms with van der Waals surface area (Å²) in [6.45, 7) is 2.78. The Labute approximate surface area is 139 Å². The summed E-state index contributed by atoms with van der Waals surface area (Å²) < 4.78 is 24.8. The van der Waals surface area contributed by atoms with Crippen molar-refractivity contribution in [1.29, 1.82) is 0 Å². The van der Waals surface area contributed by atoms with E-state index in [0.29, 0.717) is 12.4 Å². The zero-order valence-corrected chi connectivity index (χ0v) is 13.7. The minimum Gasteiger partial charge on any atom is -0.497 e. The van der Waals surface area contributed by atoms with Crippen molar-refractivity contribution < 1.29 is 18.7 Å². The van der Waals surface area contributed by atoms with Crippen LogP contribution < -0.4 is 10.1 Å². The van der Waals surface area contributed by atoms with E-state index < -0.39 is 12.3 Å². The zero-order chi connectivity index (χ0) is 17.1. The maximum Gasteiger partial charge on any atom is 0.317 e. The van der Waals surface area contributed by atoms with Gasteiger partial charge in [-0.3, -0.25) is 0 Å². The fourth-order valence-electron chi connectivity index (χ4n) is 2.74. The van der Waals surface area contributed by atoms with E-state index in [-0.39, 0.29) is 25.7 Å². The molecule has 3 rings (SSSR count). The van der Waals surface area contributed by atoms with Crippen LogP contribution in [0.1, 0.15) is 12.7 Å². The second kappa shape index (κ2) is 7.04. The van der Waals surface area contributed by atoms with Gasteiger partial charge in [0.15, 0.2) is 0 Å². The number of aromatic nitrogens is 2. The number of likely N-dealkylation sites (tertiary alicyclic amines) is 1. The van der Waals surface area contributed by atoms with Gasteiger partial charge in [-0.15, -0.1) is 0 Å². The lowest BCUT2D eigenvalue weighted by molar-refractivity contribution is 0.00952. The number of nitrogens with zero attached hydrogens (tertiary/aromatic N) is 2. The van der Waals surface area contributed by atoms with E-state index in [1.165, 1.54) is 4.90 Å².